The van der Waals surface area contributed by atoms with Crippen molar-refractivity contribution < 1.29 is 28.9 Å². The Labute approximate surface area is 141 Å². The number of carbonyl (C=O) groups is 2. The predicted molar refractivity (Wildman–Crippen MR) is 86.3 cm³/mol. The van der Waals surface area contributed by atoms with Gasteiger partial charge in [-0.2, -0.15) is 0 Å². The first-order chi connectivity index (χ1) is 11.6. The average molecular weight is 337 g/mol. The first kappa shape index (κ1) is 18.1. The summed E-state index contributed by atoms with van der Waals surface area (Å²) in [7, 11) is 0. The summed E-state index contributed by atoms with van der Waals surface area (Å²) in [5.41, 5.74) is 0. The Morgan fingerprint density at radius 3 is 2.54 bits per heavy atom. The number of hydrogen-bond donors (Lipinski definition) is 1. The molecule has 1 aromatic rings. The summed E-state index contributed by atoms with van der Waals surface area (Å²) in [6.45, 7) is 3.67. The third kappa shape index (κ3) is 5.73. The number of nitrogens with zero attached hydrogens (tertiary/aromatic N) is 1. The van der Waals surface area contributed by atoms with E-state index in [0.29, 0.717) is 25.5 Å². The lowest BCUT2D eigenvalue weighted by atomic mass is 10.2. The fourth-order valence-electron chi connectivity index (χ4n) is 2.35. The van der Waals surface area contributed by atoms with Crippen LogP contribution in [0.4, 0.5) is 0 Å². The van der Waals surface area contributed by atoms with Gasteiger partial charge < -0.3 is 24.2 Å². The molecule has 1 atom stereocenters. The Hall–Kier alpha value is -2.28. The van der Waals surface area contributed by atoms with Gasteiger partial charge in [0, 0.05) is 13.1 Å². The highest BCUT2D eigenvalue weighted by molar-refractivity contribution is 5.78. The van der Waals surface area contributed by atoms with Gasteiger partial charge in [-0.3, -0.25) is 9.59 Å². The minimum atomic E-state index is -0.934. The molecule has 1 N–H and O–H groups in total. The third-order valence-electron chi connectivity index (χ3n) is 3.55. The Morgan fingerprint density at radius 1 is 1.25 bits per heavy atom. The van der Waals surface area contributed by atoms with E-state index < -0.39 is 12.1 Å². The van der Waals surface area contributed by atoms with Crippen molar-refractivity contribution >= 4 is 11.9 Å². The van der Waals surface area contributed by atoms with Crippen LogP contribution in [0.3, 0.4) is 0 Å². The van der Waals surface area contributed by atoms with E-state index in [1.807, 2.05) is 6.92 Å². The zero-order valence-corrected chi connectivity index (χ0v) is 13.8. The van der Waals surface area contributed by atoms with Crippen molar-refractivity contribution in [2.75, 3.05) is 32.9 Å². The lowest BCUT2D eigenvalue weighted by molar-refractivity contribution is -0.148. The molecule has 2 rings (SSSR count). The molecule has 0 spiro atoms. The molecule has 1 amide bonds. The number of benzene rings is 1. The average Bonchev–Trinajstić information content (AvgIpc) is 2.58. The number of hydrogen-bond acceptors (Lipinski definition) is 5. The minimum absolute atomic E-state index is 0.0883. The van der Waals surface area contributed by atoms with Crippen molar-refractivity contribution in [3.63, 3.8) is 0 Å². The van der Waals surface area contributed by atoms with Gasteiger partial charge >= 0.3 is 5.97 Å². The second kappa shape index (κ2) is 9.12. The van der Waals surface area contributed by atoms with E-state index in [0.717, 1.165) is 12.2 Å². The van der Waals surface area contributed by atoms with Crippen LogP contribution < -0.4 is 9.47 Å². The molecular formula is C17H23NO6. The Bertz CT molecular complexity index is 545. The van der Waals surface area contributed by atoms with E-state index in [1.54, 1.807) is 29.2 Å². The van der Waals surface area contributed by atoms with Crippen LogP contribution in [0.2, 0.25) is 0 Å². The fraction of sp³-hybridized carbons (Fsp3) is 0.529. The van der Waals surface area contributed by atoms with Crippen LogP contribution in [0.25, 0.3) is 0 Å². The van der Waals surface area contributed by atoms with Gasteiger partial charge in [0.15, 0.2) is 6.61 Å². The van der Waals surface area contributed by atoms with E-state index in [4.69, 9.17) is 19.3 Å². The molecule has 1 aromatic carbocycles. The maximum absolute atomic E-state index is 12.2. The number of rotatable bonds is 8. The van der Waals surface area contributed by atoms with Crippen molar-refractivity contribution in [3.05, 3.63) is 24.3 Å². The highest BCUT2D eigenvalue weighted by Crippen LogP contribution is 2.18. The summed E-state index contributed by atoms with van der Waals surface area (Å²) in [5.74, 6) is 0.235. The van der Waals surface area contributed by atoms with Crippen LogP contribution in [0, 0.1) is 0 Å². The van der Waals surface area contributed by atoms with Crippen LogP contribution in [0.15, 0.2) is 24.3 Å². The number of carboxylic acids is 1. The van der Waals surface area contributed by atoms with Gasteiger partial charge in [0.05, 0.1) is 25.7 Å². The molecule has 132 valence electrons. The lowest BCUT2D eigenvalue weighted by Crippen LogP contribution is -2.47. The normalized spacial score (nSPS) is 17.4. The molecule has 1 unspecified atom stereocenters. The summed E-state index contributed by atoms with van der Waals surface area (Å²) in [6, 6.07) is 7.11. The van der Waals surface area contributed by atoms with E-state index in [-0.39, 0.29) is 25.5 Å². The summed E-state index contributed by atoms with van der Waals surface area (Å²) >= 11 is 0. The largest absolute Gasteiger partial charge is 0.494 e. The summed E-state index contributed by atoms with van der Waals surface area (Å²) in [4.78, 5) is 24.5. The number of amides is 1. The molecule has 0 aliphatic carbocycles. The van der Waals surface area contributed by atoms with Crippen LogP contribution >= 0.6 is 0 Å². The van der Waals surface area contributed by atoms with Crippen molar-refractivity contribution in [3.8, 4) is 11.5 Å². The minimum Gasteiger partial charge on any atom is -0.494 e. The van der Waals surface area contributed by atoms with Crippen LogP contribution in [-0.4, -0.2) is 60.9 Å². The molecule has 0 saturated carbocycles. The maximum Gasteiger partial charge on any atom is 0.306 e. The Kier molecular flexibility index (Phi) is 6.87. The summed E-state index contributed by atoms with van der Waals surface area (Å²) in [6.07, 6.45) is 0.370. The standard InChI is InChI=1S/C17H23NO6/c1-2-8-22-13-3-5-14(6-4-13)24-12-16(19)18-7-9-23-15(11-18)10-17(20)21/h3-6,15H,2,7-12H2,1H3,(H,20,21). The van der Waals surface area contributed by atoms with E-state index in [1.165, 1.54) is 0 Å². The fourth-order valence-corrected chi connectivity index (χ4v) is 2.35. The smallest absolute Gasteiger partial charge is 0.306 e. The highest BCUT2D eigenvalue weighted by Gasteiger charge is 2.26. The second-order valence-electron chi connectivity index (χ2n) is 5.54. The number of carboxylic acid groups (broad SMARTS) is 1. The molecule has 1 fully saturated rings. The highest BCUT2D eigenvalue weighted by atomic mass is 16.5. The molecule has 24 heavy (non-hydrogen) atoms. The number of ether oxygens (including phenoxy) is 3. The predicted octanol–water partition coefficient (Wildman–Crippen LogP) is 1.56. The van der Waals surface area contributed by atoms with Gasteiger partial charge in [-0.15, -0.1) is 0 Å². The molecule has 1 heterocycles. The molecule has 1 saturated heterocycles. The zero-order valence-electron chi connectivity index (χ0n) is 13.8. The molecule has 7 nitrogen and oxygen atoms in total. The zero-order chi connectivity index (χ0) is 17.4. The van der Waals surface area contributed by atoms with Gasteiger partial charge in [0.2, 0.25) is 0 Å². The van der Waals surface area contributed by atoms with Gasteiger partial charge in [-0.05, 0) is 30.7 Å². The third-order valence-corrected chi connectivity index (χ3v) is 3.55. The van der Waals surface area contributed by atoms with Crippen molar-refractivity contribution in [2.24, 2.45) is 0 Å². The Morgan fingerprint density at radius 2 is 1.92 bits per heavy atom. The summed E-state index contributed by atoms with van der Waals surface area (Å²) in [5, 5.41) is 8.80. The topological polar surface area (TPSA) is 85.3 Å². The van der Waals surface area contributed by atoms with Gasteiger partial charge in [0.25, 0.3) is 5.91 Å². The van der Waals surface area contributed by atoms with E-state index in [9.17, 15) is 9.59 Å². The van der Waals surface area contributed by atoms with E-state index in [2.05, 4.69) is 0 Å². The maximum atomic E-state index is 12.2. The molecule has 0 aromatic heterocycles. The van der Waals surface area contributed by atoms with Gasteiger partial charge in [0.1, 0.15) is 11.5 Å². The first-order valence-electron chi connectivity index (χ1n) is 8.05. The first-order valence-corrected chi connectivity index (χ1v) is 8.05. The molecule has 0 radical (unpaired) electrons. The van der Waals surface area contributed by atoms with Crippen molar-refractivity contribution in [1.82, 2.24) is 4.90 Å². The second-order valence-corrected chi connectivity index (χ2v) is 5.54. The van der Waals surface area contributed by atoms with Gasteiger partial charge in [-0.25, -0.2) is 0 Å². The molecule has 1 aliphatic rings. The Balaban J connectivity index is 1.78. The molecule has 1 aliphatic heterocycles. The van der Waals surface area contributed by atoms with Crippen molar-refractivity contribution in [1.29, 1.82) is 0 Å². The monoisotopic (exact) mass is 337 g/mol. The van der Waals surface area contributed by atoms with Crippen LogP contribution in [-0.2, 0) is 14.3 Å². The molecular weight excluding hydrogens is 314 g/mol. The molecule has 7 heteroatoms. The quantitative estimate of drug-likeness (QED) is 0.775. The lowest BCUT2D eigenvalue weighted by Gasteiger charge is -2.32. The van der Waals surface area contributed by atoms with E-state index >= 15 is 0 Å². The molecule has 0 bridgehead atoms. The van der Waals surface area contributed by atoms with Crippen LogP contribution in [0.1, 0.15) is 19.8 Å². The number of morpholine rings is 1. The SMILES string of the molecule is CCCOc1ccc(OCC(=O)N2CCOC(CC(=O)O)C2)cc1. The van der Waals surface area contributed by atoms with Crippen molar-refractivity contribution in [2.45, 2.75) is 25.9 Å². The van der Waals surface area contributed by atoms with Gasteiger partial charge in [-0.1, -0.05) is 6.92 Å². The number of carbonyl (C=O) groups excluding carboxylic acids is 1. The van der Waals surface area contributed by atoms with Crippen LogP contribution in [0.5, 0.6) is 11.5 Å². The summed E-state index contributed by atoms with van der Waals surface area (Å²) < 4.78 is 16.3. The number of aliphatic carboxylic acids is 1.